The highest BCUT2D eigenvalue weighted by atomic mass is 16.2. The zero-order valence-electron chi connectivity index (χ0n) is 12.8. The van der Waals surface area contributed by atoms with Crippen LogP contribution in [0.25, 0.3) is 0 Å². The van der Waals surface area contributed by atoms with Gasteiger partial charge in [-0.3, -0.25) is 9.59 Å². The van der Waals surface area contributed by atoms with E-state index in [1.165, 1.54) is 0 Å². The molecule has 1 aromatic rings. The molecule has 1 amide bonds. The molecule has 1 heterocycles. The average Bonchev–Trinajstić information content (AvgIpc) is 2.71. The highest BCUT2D eigenvalue weighted by Crippen LogP contribution is 2.34. The lowest BCUT2D eigenvalue weighted by Gasteiger charge is -2.26. The van der Waals surface area contributed by atoms with Gasteiger partial charge in [0.25, 0.3) is 0 Å². The number of ketones is 1. The molecule has 3 heteroatoms. The van der Waals surface area contributed by atoms with Gasteiger partial charge in [0, 0.05) is 18.5 Å². The van der Waals surface area contributed by atoms with Gasteiger partial charge in [-0.1, -0.05) is 50.6 Å². The van der Waals surface area contributed by atoms with Gasteiger partial charge in [0.1, 0.15) is 0 Å². The number of carbonyl (C=O) groups is 2. The predicted octanol–water partition coefficient (Wildman–Crippen LogP) is 3.07. The first-order valence-corrected chi connectivity index (χ1v) is 7.15. The van der Waals surface area contributed by atoms with Crippen molar-refractivity contribution < 1.29 is 9.59 Å². The molecule has 1 unspecified atom stereocenters. The predicted molar refractivity (Wildman–Crippen MR) is 79.7 cm³/mol. The first-order valence-electron chi connectivity index (χ1n) is 7.15. The van der Waals surface area contributed by atoms with Gasteiger partial charge in [-0.2, -0.15) is 0 Å². The summed E-state index contributed by atoms with van der Waals surface area (Å²) in [6.07, 6.45) is 0.560. The van der Waals surface area contributed by atoms with Crippen LogP contribution in [0.2, 0.25) is 0 Å². The Morgan fingerprint density at radius 3 is 2.35 bits per heavy atom. The van der Waals surface area contributed by atoms with Crippen LogP contribution < -0.4 is 0 Å². The highest BCUT2D eigenvalue weighted by Gasteiger charge is 2.37. The lowest BCUT2D eigenvalue weighted by molar-refractivity contribution is -0.127. The standard InChI is InChI=1S/C17H23NO2/c1-12-5-7-13(8-6-12)15(19)11-18-10-14(9-16(18)20)17(2,3)4/h5-8,14H,9-11H2,1-4H3. The van der Waals surface area contributed by atoms with Crippen molar-refractivity contribution in [3.63, 3.8) is 0 Å². The van der Waals surface area contributed by atoms with Crippen LogP contribution in [0, 0.1) is 18.3 Å². The summed E-state index contributed by atoms with van der Waals surface area (Å²) in [7, 11) is 0. The molecule has 20 heavy (non-hydrogen) atoms. The highest BCUT2D eigenvalue weighted by molar-refractivity contribution is 5.99. The van der Waals surface area contributed by atoms with Crippen molar-refractivity contribution in [1.82, 2.24) is 4.90 Å². The maximum absolute atomic E-state index is 12.2. The van der Waals surface area contributed by atoms with Gasteiger partial charge in [0.15, 0.2) is 5.78 Å². The second-order valence-electron chi connectivity index (χ2n) is 6.83. The number of nitrogens with zero attached hydrogens (tertiary/aromatic N) is 1. The Kier molecular flexibility index (Phi) is 3.98. The van der Waals surface area contributed by atoms with E-state index in [2.05, 4.69) is 20.8 Å². The number of amides is 1. The quantitative estimate of drug-likeness (QED) is 0.794. The Balaban J connectivity index is 2.02. The molecule has 3 nitrogen and oxygen atoms in total. The molecule has 1 aromatic carbocycles. The van der Waals surface area contributed by atoms with Crippen LogP contribution in [0.1, 0.15) is 43.1 Å². The molecule has 0 aliphatic carbocycles. The van der Waals surface area contributed by atoms with Gasteiger partial charge in [0.05, 0.1) is 6.54 Å². The van der Waals surface area contributed by atoms with E-state index in [0.717, 1.165) is 5.56 Å². The molecule has 0 radical (unpaired) electrons. The van der Waals surface area contributed by atoms with Crippen LogP contribution in [-0.4, -0.2) is 29.7 Å². The molecular weight excluding hydrogens is 250 g/mol. The summed E-state index contributed by atoms with van der Waals surface area (Å²) < 4.78 is 0. The van der Waals surface area contributed by atoms with Gasteiger partial charge < -0.3 is 4.90 Å². The molecule has 0 spiro atoms. The fourth-order valence-electron chi connectivity index (χ4n) is 2.51. The normalized spacial score (nSPS) is 19.5. The molecule has 2 rings (SSSR count). The zero-order chi connectivity index (χ0) is 14.9. The third kappa shape index (κ3) is 3.27. The summed E-state index contributed by atoms with van der Waals surface area (Å²) in [5, 5.41) is 0. The summed E-state index contributed by atoms with van der Waals surface area (Å²) in [6.45, 7) is 9.34. The Morgan fingerprint density at radius 2 is 1.85 bits per heavy atom. The lowest BCUT2D eigenvalue weighted by atomic mass is 9.80. The molecule has 1 aliphatic heterocycles. The van der Waals surface area contributed by atoms with Crippen LogP contribution >= 0.6 is 0 Å². The Hall–Kier alpha value is -1.64. The summed E-state index contributed by atoms with van der Waals surface area (Å²) in [4.78, 5) is 26.0. The molecular formula is C17H23NO2. The number of benzene rings is 1. The molecule has 1 aliphatic rings. The molecule has 0 aromatic heterocycles. The van der Waals surface area contributed by atoms with Gasteiger partial charge in [0.2, 0.25) is 5.91 Å². The van der Waals surface area contributed by atoms with Gasteiger partial charge in [-0.25, -0.2) is 0 Å². The van der Waals surface area contributed by atoms with E-state index in [-0.39, 0.29) is 23.7 Å². The Morgan fingerprint density at radius 1 is 1.25 bits per heavy atom. The number of rotatable bonds is 3. The van der Waals surface area contributed by atoms with Gasteiger partial charge in [-0.15, -0.1) is 0 Å². The minimum atomic E-state index is 0.0212. The van der Waals surface area contributed by atoms with E-state index in [1.807, 2.05) is 31.2 Å². The van der Waals surface area contributed by atoms with E-state index in [9.17, 15) is 9.59 Å². The largest absolute Gasteiger partial charge is 0.335 e. The molecule has 1 atom stereocenters. The van der Waals surface area contributed by atoms with Crippen LogP contribution in [0.4, 0.5) is 0 Å². The minimum absolute atomic E-state index is 0.0212. The number of hydrogen-bond acceptors (Lipinski definition) is 2. The van der Waals surface area contributed by atoms with Crippen molar-refractivity contribution in [3.05, 3.63) is 35.4 Å². The van der Waals surface area contributed by atoms with E-state index in [0.29, 0.717) is 24.4 Å². The van der Waals surface area contributed by atoms with E-state index >= 15 is 0 Å². The maximum atomic E-state index is 12.2. The summed E-state index contributed by atoms with van der Waals surface area (Å²) in [6, 6.07) is 7.52. The van der Waals surface area contributed by atoms with Crippen molar-refractivity contribution in [2.75, 3.05) is 13.1 Å². The van der Waals surface area contributed by atoms with Crippen molar-refractivity contribution in [3.8, 4) is 0 Å². The molecule has 1 saturated heterocycles. The number of hydrogen-bond donors (Lipinski definition) is 0. The van der Waals surface area contributed by atoms with Crippen LogP contribution in [0.3, 0.4) is 0 Å². The third-order valence-electron chi connectivity index (χ3n) is 4.15. The zero-order valence-corrected chi connectivity index (χ0v) is 12.8. The van der Waals surface area contributed by atoms with E-state index in [4.69, 9.17) is 0 Å². The Labute approximate surface area is 121 Å². The molecule has 0 bridgehead atoms. The summed E-state index contributed by atoms with van der Waals surface area (Å²) >= 11 is 0. The van der Waals surface area contributed by atoms with E-state index < -0.39 is 0 Å². The smallest absolute Gasteiger partial charge is 0.223 e. The van der Waals surface area contributed by atoms with Crippen LogP contribution in [0.15, 0.2) is 24.3 Å². The topological polar surface area (TPSA) is 37.4 Å². The van der Waals surface area contributed by atoms with Crippen molar-refractivity contribution in [2.24, 2.45) is 11.3 Å². The monoisotopic (exact) mass is 273 g/mol. The lowest BCUT2D eigenvalue weighted by Crippen LogP contribution is -2.32. The van der Waals surface area contributed by atoms with E-state index in [1.54, 1.807) is 4.90 Å². The molecule has 0 saturated carbocycles. The van der Waals surface area contributed by atoms with Crippen LogP contribution in [0.5, 0.6) is 0 Å². The number of Topliss-reactive ketones (excluding diaryl/α,β-unsaturated/α-hetero) is 1. The minimum Gasteiger partial charge on any atom is -0.335 e. The number of likely N-dealkylation sites (tertiary alicyclic amines) is 1. The molecule has 108 valence electrons. The van der Waals surface area contributed by atoms with Crippen molar-refractivity contribution in [2.45, 2.75) is 34.1 Å². The fraction of sp³-hybridized carbons (Fsp3) is 0.529. The second kappa shape index (κ2) is 5.39. The molecule has 1 fully saturated rings. The SMILES string of the molecule is Cc1ccc(C(=O)CN2CC(C(C)(C)C)CC2=O)cc1. The Bertz CT molecular complexity index is 511. The fourth-order valence-corrected chi connectivity index (χ4v) is 2.51. The number of carbonyl (C=O) groups excluding carboxylic acids is 2. The van der Waals surface area contributed by atoms with Gasteiger partial charge >= 0.3 is 0 Å². The average molecular weight is 273 g/mol. The maximum Gasteiger partial charge on any atom is 0.223 e. The molecule has 0 N–H and O–H groups in total. The van der Waals surface area contributed by atoms with Gasteiger partial charge in [-0.05, 0) is 18.3 Å². The second-order valence-corrected chi connectivity index (χ2v) is 6.83. The van der Waals surface area contributed by atoms with Crippen molar-refractivity contribution >= 4 is 11.7 Å². The number of aryl methyl sites for hydroxylation is 1. The first kappa shape index (κ1) is 14.8. The summed E-state index contributed by atoms with van der Waals surface area (Å²) in [5.74, 6) is 0.458. The third-order valence-corrected chi connectivity index (χ3v) is 4.15. The summed E-state index contributed by atoms with van der Waals surface area (Å²) in [5.41, 5.74) is 1.92. The first-order chi connectivity index (χ1) is 9.27. The van der Waals surface area contributed by atoms with Crippen molar-refractivity contribution in [1.29, 1.82) is 0 Å². The van der Waals surface area contributed by atoms with Crippen LogP contribution in [-0.2, 0) is 4.79 Å².